The van der Waals surface area contributed by atoms with Crippen molar-refractivity contribution in [2.24, 2.45) is 0 Å². The van der Waals surface area contributed by atoms with Crippen molar-refractivity contribution >= 4 is 94.1 Å². The Kier molecular flexibility index (Phi) is 113. The van der Waals surface area contributed by atoms with E-state index in [0.717, 1.165) is 0 Å². The van der Waals surface area contributed by atoms with Gasteiger partial charge in [-0.1, -0.05) is 0 Å². The van der Waals surface area contributed by atoms with Gasteiger partial charge in [-0.2, -0.15) is 0 Å². The molecule has 0 aliphatic rings. The van der Waals surface area contributed by atoms with Gasteiger partial charge in [0.25, 0.3) is 0 Å². The third-order valence-corrected chi connectivity index (χ3v) is 0. The van der Waals surface area contributed by atoms with Gasteiger partial charge in [0.2, 0.25) is 0 Å². The molecule has 0 atom stereocenters. The Morgan fingerprint density at radius 1 is 0.750 bits per heavy atom. The van der Waals surface area contributed by atoms with Gasteiger partial charge in [-0.25, -0.2) is 0 Å². The molecule has 0 saturated heterocycles. The molecule has 4 heteroatoms. The van der Waals surface area contributed by atoms with Gasteiger partial charge in [0.1, 0.15) is 0 Å². The summed E-state index contributed by atoms with van der Waals surface area (Å²) in [6.45, 7) is 0. The van der Waals surface area contributed by atoms with E-state index in [-0.39, 0.29) is 94.1 Å². The van der Waals surface area contributed by atoms with E-state index in [1.165, 1.54) is 0 Å². The van der Waals surface area contributed by atoms with Crippen molar-refractivity contribution in [2.75, 3.05) is 0 Å². The molecule has 0 fully saturated rings. The molecule has 0 amide bonds. The predicted molar refractivity (Wildman–Crippen MR) is 31.4 cm³/mol. The summed E-state index contributed by atoms with van der Waals surface area (Å²) in [5.74, 6) is 0. The fourth-order valence-corrected chi connectivity index (χ4v) is 0. The Labute approximate surface area is 92.2 Å². The van der Waals surface area contributed by atoms with Gasteiger partial charge in [-0.3, -0.25) is 0 Å². The second-order valence-electron chi connectivity index (χ2n) is 0. The Bertz CT molecular complexity index is 6.00. The van der Waals surface area contributed by atoms with Crippen molar-refractivity contribution in [3.8, 4) is 0 Å². The van der Waals surface area contributed by atoms with Crippen molar-refractivity contribution in [3.63, 3.8) is 0 Å². The zero-order valence-electron chi connectivity index (χ0n) is 1.60. The van der Waals surface area contributed by atoms with Gasteiger partial charge >= 0.3 is 76.1 Å². The molecule has 0 rings (SSSR count). The van der Waals surface area contributed by atoms with E-state index < -0.39 is 0 Å². The molecule has 0 radical (unpaired) electrons. The molecule has 0 unspecified atom stereocenters. The molecule has 0 aromatic heterocycles. The minimum absolute atomic E-state index is 0. The summed E-state index contributed by atoms with van der Waals surface area (Å²) in [4.78, 5) is 0. The zero-order valence-corrected chi connectivity index (χ0v) is 10.1. The molecule has 0 nitrogen and oxygen atoms in total. The van der Waals surface area contributed by atoms with Crippen LogP contribution in [0.5, 0.6) is 0 Å². The van der Waals surface area contributed by atoms with Crippen LogP contribution in [0.15, 0.2) is 0 Å². The third-order valence-electron chi connectivity index (χ3n) is 0. The van der Waals surface area contributed by atoms with Gasteiger partial charge in [0, 0.05) is 0 Å². The quantitative estimate of drug-likeness (QED) is 0.356. The molecule has 4 heavy (non-hydrogen) atoms. The Balaban J connectivity index is 0. The standard InChI is InChI=1S/As.2In.Sb.6H/q-3;2*+3;-3;;;;;;. The van der Waals surface area contributed by atoms with Crippen LogP contribution >= 0.6 is 0 Å². The van der Waals surface area contributed by atoms with Gasteiger partial charge in [-0.05, 0) is 0 Å². The van der Waals surface area contributed by atoms with Crippen molar-refractivity contribution < 1.29 is 0 Å². The molecule has 22 valence electrons. The first-order valence-electron chi connectivity index (χ1n) is 0. The molecule has 0 N–H and O–H groups in total. The number of hydrogen-bond donors (Lipinski definition) is 0. The molecule has 0 spiro atoms. The Morgan fingerprint density at radius 2 is 0.750 bits per heavy atom. The van der Waals surface area contributed by atoms with Crippen molar-refractivity contribution in [2.45, 2.75) is 0 Å². The molecule has 0 aromatic carbocycles. The van der Waals surface area contributed by atoms with Crippen LogP contribution in [-0.2, 0) is 0 Å². The van der Waals surface area contributed by atoms with Gasteiger partial charge in [0.15, 0.2) is 0 Å². The summed E-state index contributed by atoms with van der Waals surface area (Å²) in [7, 11) is 0. The summed E-state index contributed by atoms with van der Waals surface area (Å²) in [6.07, 6.45) is 0. The molecular weight excluding hydrogens is 426 g/mol. The normalized spacial score (nSPS) is 0. The van der Waals surface area contributed by atoms with E-state index in [0.29, 0.717) is 0 Å². The number of hydrogen-bond acceptors (Lipinski definition) is 0. The molecule has 0 aromatic rings. The first-order chi connectivity index (χ1) is 0. The summed E-state index contributed by atoms with van der Waals surface area (Å²) in [6, 6.07) is 0. The first-order valence-corrected chi connectivity index (χ1v) is 0. The first kappa shape index (κ1) is 27.4. The topological polar surface area (TPSA) is 0 Å². The fraction of sp³-hybridized carbons (Fsp3) is 0. The third kappa shape index (κ3) is 8.93. The maximum absolute atomic E-state index is 0. The van der Waals surface area contributed by atoms with Crippen LogP contribution in [0.1, 0.15) is 0 Å². The van der Waals surface area contributed by atoms with Crippen LogP contribution in [0, 0.1) is 0 Å². The van der Waals surface area contributed by atoms with E-state index in [2.05, 4.69) is 0 Å². The van der Waals surface area contributed by atoms with Crippen molar-refractivity contribution in [1.29, 1.82) is 0 Å². The van der Waals surface area contributed by atoms with Gasteiger partial charge in [-0.15, -0.1) is 0 Å². The molecular formula is H6AsIn2Sb. The van der Waals surface area contributed by atoms with Crippen molar-refractivity contribution in [3.05, 3.63) is 0 Å². The van der Waals surface area contributed by atoms with Crippen LogP contribution in [0.2, 0.25) is 0 Å². The second-order valence-corrected chi connectivity index (χ2v) is 0. The molecule has 0 aliphatic carbocycles. The van der Waals surface area contributed by atoms with Crippen LogP contribution < -0.4 is 0 Å². The van der Waals surface area contributed by atoms with Crippen LogP contribution in [0.3, 0.4) is 0 Å². The van der Waals surface area contributed by atoms with E-state index in [1.807, 2.05) is 0 Å². The SMILES string of the molecule is [As-3].[In+3].[In+3].[SbH6-3]. The van der Waals surface area contributed by atoms with Crippen molar-refractivity contribution in [1.82, 2.24) is 0 Å². The molecule has 0 heterocycles. The average Bonchev–Trinajstić information content (AvgIpc) is 0. The fourth-order valence-electron chi connectivity index (χ4n) is 0. The van der Waals surface area contributed by atoms with Gasteiger partial charge in [0.05, 0.1) is 0 Å². The summed E-state index contributed by atoms with van der Waals surface area (Å²) in [5.41, 5.74) is 0. The predicted octanol–water partition coefficient (Wildman–Crippen LogP) is -3.13. The van der Waals surface area contributed by atoms with E-state index >= 15 is 0 Å². The van der Waals surface area contributed by atoms with Crippen LogP contribution in [0.25, 0.3) is 0 Å². The minimum atomic E-state index is 0. The van der Waals surface area contributed by atoms with Gasteiger partial charge < -0.3 is 18.0 Å². The monoisotopic (exact) mass is 432 g/mol. The molecule has 0 bridgehead atoms. The summed E-state index contributed by atoms with van der Waals surface area (Å²) in [5, 5.41) is 0. The van der Waals surface area contributed by atoms with E-state index in [4.69, 9.17) is 0 Å². The van der Waals surface area contributed by atoms with E-state index in [9.17, 15) is 0 Å². The summed E-state index contributed by atoms with van der Waals surface area (Å²) >= 11 is 0. The number of rotatable bonds is 0. The van der Waals surface area contributed by atoms with Crippen LogP contribution in [-0.4, -0.2) is 94.1 Å². The van der Waals surface area contributed by atoms with E-state index in [1.54, 1.807) is 0 Å². The Hall–Kier alpha value is 3.12. The van der Waals surface area contributed by atoms with Crippen LogP contribution in [0.4, 0.5) is 0 Å². The maximum atomic E-state index is 0. The second kappa shape index (κ2) is 16.5. The Morgan fingerprint density at radius 3 is 0.750 bits per heavy atom. The summed E-state index contributed by atoms with van der Waals surface area (Å²) < 4.78 is 0. The molecule has 0 saturated carbocycles. The average molecular weight is 432 g/mol. The molecule has 0 aliphatic heterocycles. The zero-order chi connectivity index (χ0) is 0.